The molecule has 3 aromatic rings. The number of imidazole rings is 1. The molecule has 0 bridgehead atoms. The molecule has 2 aromatic heterocycles. The number of unbranched alkanes of at least 4 members (excludes halogenated alkanes) is 1. The minimum Gasteiger partial charge on any atom is -0.497 e. The summed E-state index contributed by atoms with van der Waals surface area (Å²) in [7, 11) is 1.47. The minimum atomic E-state index is -1.85. The van der Waals surface area contributed by atoms with Crippen LogP contribution >= 0.6 is 0 Å². The van der Waals surface area contributed by atoms with E-state index >= 15 is 0 Å². The molecule has 1 aliphatic heterocycles. The van der Waals surface area contributed by atoms with E-state index in [2.05, 4.69) is 57.2 Å². The summed E-state index contributed by atoms with van der Waals surface area (Å²) in [4.78, 5) is 121. The van der Waals surface area contributed by atoms with Crippen LogP contribution < -0.4 is 59.2 Å². The number of carboxylic acids is 1. The van der Waals surface area contributed by atoms with Crippen LogP contribution in [0, 0.1) is 5.41 Å². The fourth-order valence-electron chi connectivity index (χ4n) is 7.79. The number of fused-ring (bicyclic) bond motifs is 1. The standard InChI is InChI=1S/C46H69N15O13/c1-24(63)50-15-7-6-9-28(56-32(64)18-30(44(71)72)58-34(66)20-52-40(68)27(10-8-16-51-45(48)49)57-33(65)19-46(2,3)4)41(69)59-29(17-25-11-13-26(73-5)14-12-25)42(70)60-35-31(21-62)74-43(37(35)67)61-23-55-36-38(47)53-22-54-39(36)61/h11-14,22-23,27-31,35,37,43,62,67H,6-10,15-21H2,1-5H3,(H,50,63)(H,52,68)(H,56,64)(H,57,65)(H,58,66)(H,59,69)(H,60,70)(H,71,72)(H2,47,53,54)(H4,48,49,51)/t27?,28?,29?,30?,31-,35?,37+,43-/m1/s1. The Balaban J connectivity index is 1.50. The summed E-state index contributed by atoms with van der Waals surface area (Å²) in [6.45, 7) is 5.81. The van der Waals surface area contributed by atoms with Crippen molar-refractivity contribution in [1.82, 2.24) is 56.7 Å². The van der Waals surface area contributed by atoms with Gasteiger partial charge in [-0.1, -0.05) is 32.9 Å². The number of aromatic nitrogens is 4. The number of nitrogens with one attached hydrogen (secondary N) is 7. The fraction of sp³-hybridized carbons (Fsp3) is 0.565. The molecule has 5 unspecified atom stereocenters. The van der Waals surface area contributed by atoms with Crippen molar-refractivity contribution in [2.24, 2.45) is 21.9 Å². The molecule has 3 heterocycles. The highest BCUT2D eigenvalue weighted by molar-refractivity contribution is 5.95. The maximum Gasteiger partial charge on any atom is 0.326 e. The molecule has 28 heteroatoms. The van der Waals surface area contributed by atoms with Gasteiger partial charge in [-0.3, -0.25) is 43.1 Å². The van der Waals surface area contributed by atoms with E-state index in [0.717, 1.165) is 0 Å². The summed E-state index contributed by atoms with van der Waals surface area (Å²) in [6.07, 6.45) is -1.45. The first kappa shape index (κ1) is 58.8. The number of methoxy groups -OCH3 is 1. The van der Waals surface area contributed by atoms with Crippen LogP contribution in [0.3, 0.4) is 0 Å². The SMILES string of the molecule is COc1ccc(CC(NC(=O)C(CCCCNC(C)=O)NC(=O)CC(NC(=O)CNC(=O)C(CCCN=C(N)N)NC(=O)CC(C)(C)C)C(=O)O)C(=O)NC2[C@@H](CO)O[C@@H](n3cnc4c(N)ncnc43)[C@H]2O)cc1. The lowest BCUT2D eigenvalue weighted by Gasteiger charge is -2.27. The third-order valence-electron chi connectivity index (χ3n) is 11.4. The number of nitrogens with two attached hydrogens (primary N) is 3. The molecular formula is C46H69N15O13. The number of carbonyl (C=O) groups is 8. The highest BCUT2D eigenvalue weighted by Gasteiger charge is 2.46. The van der Waals surface area contributed by atoms with Crippen molar-refractivity contribution in [2.75, 3.05) is 39.1 Å². The van der Waals surface area contributed by atoms with Crippen LogP contribution in [0.2, 0.25) is 0 Å². The number of anilines is 1. The quantitative estimate of drug-likeness (QED) is 0.0193. The summed E-state index contributed by atoms with van der Waals surface area (Å²) in [5.74, 6) is -6.40. The van der Waals surface area contributed by atoms with Gasteiger partial charge >= 0.3 is 5.97 Å². The molecule has 1 saturated heterocycles. The number of nitrogen functional groups attached to an aromatic ring is 1. The number of carbonyl (C=O) groups excluding carboxylic acids is 7. The van der Waals surface area contributed by atoms with Crippen molar-refractivity contribution in [3.8, 4) is 5.75 Å². The zero-order valence-electron chi connectivity index (χ0n) is 42.0. The van der Waals surface area contributed by atoms with E-state index in [4.69, 9.17) is 26.7 Å². The number of ether oxygens (including phenoxy) is 2. The third-order valence-corrected chi connectivity index (χ3v) is 11.4. The first-order valence-electron chi connectivity index (χ1n) is 23.8. The Morgan fingerprint density at radius 1 is 0.838 bits per heavy atom. The molecule has 16 N–H and O–H groups in total. The van der Waals surface area contributed by atoms with Crippen LogP contribution in [0.5, 0.6) is 5.75 Å². The second kappa shape index (κ2) is 27.9. The number of hydrogen-bond donors (Lipinski definition) is 13. The number of aliphatic imine (C=N–C) groups is 1. The fourth-order valence-corrected chi connectivity index (χ4v) is 7.79. The van der Waals surface area contributed by atoms with Crippen LogP contribution in [-0.4, -0.2) is 164 Å². The largest absolute Gasteiger partial charge is 0.497 e. The summed E-state index contributed by atoms with van der Waals surface area (Å²) >= 11 is 0. The lowest BCUT2D eigenvalue weighted by Crippen LogP contribution is -2.58. The number of aliphatic hydroxyl groups excluding tert-OH is 2. The average Bonchev–Trinajstić information content (AvgIpc) is 3.90. The van der Waals surface area contributed by atoms with Gasteiger partial charge in [0.05, 0.1) is 39.1 Å². The lowest BCUT2D eigenvalue weighted by atomic mass is 9.91. The van der Waals surface area contributed by atoms with Gasteiger partial charge in [-0.15, -0.1) is 0 Å². The highest BCUT2D eigenvalue weighted by atomic mass is 16.5. The van der Waals surface area contributed by atoms with Crippen molar-refractivity contribution in [3.63, 3.8) is 0 Å². The van der Waals surface area contributed by atoms with E-state index in [-0.39, 0.29) is 80.5 Å². The second-order valence-electron chi connectivity index (χ2n) is 18.8. The molecule has 1 aromatic carbocycles. The smallest absolute Gasteiger partial charge is 0.326 e. The monoisotopic (exact) mass is 1040 g/mol. The predicted molar refractivity (Wildman–Crippen MR) is 265 cm³/mol. The Bertz CT molecular complexity index is 2460. The van der Waals surface area contributed by atoms with E-state index in [9.17, 15) is 53.7 Å². The number of amides is 7. The van der Waals surface area contributed by atoms with Gasteiger partial charge in [0, 0.05) is 32.9 Å². The van der Waals surface area contributed by atoms with E-state index in [1.54, 1.807) is 24.3 Å². The molecule has 1 aliphatic rings. The van der Waals surface area contributed by atoms with Gasteiger partial charge in [0.15, 0.2) is 23.7 Å². The number of rotatable bonds is 28. The Morgan fingerprint density at radius 2 is 1.50 bits per heavy atom. The van der Waals surface area contributed by atoms with Crippen molar-refractivity contribution in [2.45, 2.75) is 128 Å². The molecule has 406 valence electrons. The zero-order chi connectivity index (χ0) is 54.7. The number of benzene rings is 1. The van der Waals surface area contributed by atoms with Crippen LogP contribution in [0.1, 0.15) is 84.4 Å². The first-order valence-corrected chi connectivity index (χ1v) is 23.8. The Hall–Kier alpha value is -7.72. The van der Waals surface area contributed by atoms with E-state index < -0.39 is 115 Å². The van der Waals surface area contributed by atoms with Crippen LogP contribution in [0.4, 0.5) is 5.82 Å². The minimum absolute atomic E-state index is 0.0648. The van der Waals surface area contributed by atoms with Crippen molar-refractivity contribution >= 4 is 70.3 Å². The number of aliphatic carboxylic acids is 1. The maximum atomic E-state index is 14.3. The summed E-state index contributed by atoms with van der Waals surface area (Å²) < 4.78 is 12.6. The lowest BCUT2D eigenvalue weighted by molar-refractivity contribution is -0.143. The van der Waals surface area contributed by atoms with Gasteiger partial charge in [0.1, 0.15) is 54.0 Å². The van der Waals surface area contributed by atoms with Gasteiger partial charge in [0.2, 0.25) is 41.4 Å². The first-order chi connectivity index (χ1) is 35.0. The number of hydrogen-bond acceptors (Lipinski definition) is 17. The second-order valence-corrected chi connectivity index (χ2v) is 18.8. The van der Waals surface area contributed by atoms with Gasteiger partial charge in [0.25, 0.3) is 0 Å². The molecule has 0 spiro atoms. The van der Waals surface area contributed by atoms with Gasteiger partial charge < -0.3 is 79.2 Å². The van der Waals surface area contributed by atoms with Gasteiger partial charge in [-0.2, -0.15) is 0 Å². The Kier molecular flexibility index (Phi) is 22.2. The summed E-state index contributed by atoms with van der Waals surface area (Å²) in [5.41, 5.74) is 17.3. The number of aliphatic hydroxyl groups is 2. The highest BCUT2D eigenvalue weighted by Crippen LogP contribution is 2.32. The molecule has 0 radical (unpaired) electrons. The Morgan fingerprint density at radius 3 is 2.14 bits per heavy atom. The van der Waals surface area contributed by atoms with Crippen molar-refractivity contribution < 1.29 is 63.1 Å². The average molecular weight is 1040 g/mol. The predicted octanol–water partition coefficient (Wildman–Crippen LogP) is -3.28. The molecular weight excluding hydrogens is 971 g/mol. The van der Waals surface area contributed by atoms with Crippen LogP contribution in [0.15, 0.2) is 41.9 Å². The van der Waals surface area contributed by atoms with Gasteiger partial charge in [-0.25, -0.2) is 19.7 Å². The third kappa shape index (κ3) is 18.4. The van der Waals surface area contributed by atoms with E-state index in [1.807, 2.05) is 20.8 Å². The molecule has 8 atom stereocenters. The zero-order valence-corrected chi connectivity index (χ0v) is 42.0. The molecule has 1 fully saturated rings. The van der Waals surface area contributed by atoms with E-state index in [0.29, 0.717) is 17.7 Å². The number of carboxylic acid groups (broad SMARTS) is 1. The van der Waals surface area contributed by atoms with Crippen LogP contribution in [0.25, 0.3) is 11.2 Å². The van der Waals surface area contributed by atoms with Crippen molar-refractivity contribution in [3.05, 3.63) is 42.5 Å². The molecule has 0 saturated carbocycles. The normalized spacial score (nSPS) is 17.9. The molecule has 28 nitrogen and oxygen atoms in total. The Labute approximate surface area is 426 Å². The van der Waals surface area contributed by atoms with E-state index in [1.165, 1.54) is 31.3 Å². The van der Waals surface area contributed by atoms with Crippen molar-refractivity contribution in [1.29, 1.82) is 0 Å². The topological polar surface area (TPSA) is 434 Å². The number of nitrogens with zero attached hydrogens (tertiary/aromatic N) is 5. The number of guanidine groups is 1. The van der Waals surface area contributed by atoms with Crippen LogP contribution in [-0.2, 0) is 49.5 Å². The molecule has 7 amide bonds. The summed E-state index contributed by atoms with van der Waals surface area (Å²) in [5, 5.41) is 49.7. The molecule has 0 aliphatic carbocycles. The molecule has 4 rings (SSSR count). The maximum absolute atomic E-state index is 14.3. The van der Waals surface area contributed by atoms with Gasteiger partial charge in [-0.05, 0) is 55.2 Å². The molecule has 74 heavy (non-hydrogen) atoms. The summed E-state index contributed by atoms with van der Waals surface area (Å²) in [6, 6.07) is -0.469.